The molecule has 2 rings (SSSR count). The second-order valence-corrected chi connectivity index (χ2v) is 5.59. The molecule has 1 heterocycles. The highest BCUT2D eigenvalue weighted by Gasteiger charge is 2.34. The Morgan fingerprint density at radius 2 is 2.00 bits per heavy atom. The Morgan fingerprint density at radius 3 is 2.57 bits per heavy atom. The van der Waals surface area contributed by atoms with Crippen molar-refractivity contribution in [2.24, 2.45) is 0 Å². The first-order chi connectivity index (χ1) is 9.79. The summed E-state index contributed by atoms with van der Waals surface area (Å²) in [4.78, 5) is 16.0. The van der Waals surface area contributed by atoms with Gasteiger partial charge in [0.2, 0.25) is 0 Å². The highest BCUT2D eigenvalue weighted by molar-refractivity contribution is 7.09. The number of hydrogen-bond donors (Lipinski definition) is 1. The summed E-state index contributed by atoms with van der Waals surface area (Å²) in [6, 6.07) is 4.44. The summed E-state index contributed by atoms with van der Waals surface area (Å²) in [5, 5.41) is 4.85. The number of nitrogens with one attached hydrogen (secondary N) is 1. The van der Waals surface area contributed by atoms with Gasteiger partial charge in [-0.3, -0.25) is 4.79 Å². The molecular formula is C14H13F3N2OS. The number of aromatic nitrogens is 1. The normalized spacial score (nSPS) is 13.0. The van der Waals surface area contributed by atoms with Crippen LogP contribution >= 0.6 is 11.3 Å². The Kier molecular flexibility index (Phi) is 4.32. The summed E-state index contributed by atoms with van der Waals surface area (Å²) in [5.74, 6) is -0.483. The molecule has 7 heteroatoms. The van der Waals surface area contributed by atoms with E-state index in [1.54, 1.807) is 12.3 Å². The predicted octanol–water partition coefficient (Wildman–Crippen LogP) is 3.96. The number of thiazole rings is 1. The van der Waals surface area contributed by atoms with Crippen molar-refractivity contribution >= 4 is 17.2 Å². The lowest BCUT2D eigenvalue weighted by molar-refractivity contribution is -0.138. The summed E-state index contributed by atoms with van der Waals surface area (Å²) >= 11 is 1.31. The number of hydrogen-bond acceptors (Lipinski definition) is 3. The quantitative estimate of drug-likeness (QED) is 0.931. The Labute approximate surface area is 123 Å². The highest BCUT2D eigenvalue weighted by atomic mass is 32.1. The number of amides is 1. The van der Waals surface area contributed by atoms with Gasteiger partial charge in [0.25, 0.3) is 5.91 Å². The standard InChI is InChI=1S/C14H13F3N2OS/c1-8(18-13(20)12-7-21-9(2)19-12)10-5-3-4-6-11(10)14(15,16)17/h3-8H,1-2H3,(H,18,20). The first-order valence-corrected chi connectivity index (χ1v) is 7.06. The summed E-state index contributed by atoms with van der Waals surface area (Å²) in [5.41, 5.74) is -0.494. The summed E-state index contributed by atoms with van der Waals surface area (Å²) in [6.07, 6.45) is -4.45. The SMILES string of the molecule is Cc1nc(C(=O)NC(C)c2ccccc2C(F)(F)F)cs1. The van der Waals surface area contributed by atoms with E-state index in [2.05, 4.69) is 10.3 Å². The Hall–Kier alpha value is -1.89. The van der Waals surface area contributed by atoms with Crippen molar-refractivity contribution in [2.75, 3.05) is 0 Å². The summed E-state index contributed by atoms with van der Waals surface area (Å²) < 4.78 is 38.8. The van der Waals surface area contributed by atoms with Crippen molar-refractivity contribution in [3.8, 4) is 0 Å². The van der Waals surface area contributed by atoms with Crippen LogP contribution in [0.4, 0.5) is 13.2 Å². The number of aryl methyl sites for hydroxylation is 1. The number of carbonyl (C=O) groups excluding carboxylic acids is 1. The molecule has 1 N–H and O–H groups in total. The van der Waals surface area contributed by atoms with Gasteiger partial charge in [-0.2, -0.15) is 13.2 Å². The van der Waals surface area contributed by atoms with Crippen molar-refractivity contribution in [3.63, 3.8) is 0 Å². The second kappa shape index (κ2) is 5.85. The lowest BCUT2D eigenvalue weighted by Crippen LogP contribution is -2.28. The van der Waals surface area contributed by atoms with Crippen LogP contribution in [0, 0.1) is 6.92 Å². The average Bonchev–Trinajstić information content (AvgIpc) is 2.84. The molecule has 0 aliphatic rings. The first-order valence-electron chi connectivity index (χ1n) is 6.18. The maximum atomic E-state index is 12.9. The van der Waals surface area contributed by atoms with Crippen molar-refractivity contribution < 1.29 is 18.0 Å². The van der Waals surface area contributed by atoms with Gasteiger partial charge in [0.1, 0.15) is 5.69 Å². The molecule has 3 nitrogen and oxygen atoms in total. The minimum Gasteiger partial charge on any atom is -0.344 e. The van der Waals surface area contributed by atoms with E-state index in [4.69, 9.17) is 0 Å². The van der Waals surface area contributed by atoms with Gasteiger partial charge in [0.15, 0.2) is 0 Å². The Morgan fingerprint density at radius 1 is 1.33 bits per heavy atom. The largest absolute Gasteiger partial charge is 0.416 e. The van der Waals surface area contributed by atoms with E-state index in [1.165, 1.54) is 36.5 Å². The van der Waals surface area contributed by atoms with Gasteiger partial charge in [-0.25, -0.2) is 4.98 Å². The van der Waals surface area contributed by atoms with Crippen LogP contribution < -0.4 is 5.32 Å². The predicted molar refractivity (Wildman–Crippen MR) is 74.2 cm³/mol. The molecule has 0 bridgehead atoms. The summed E-state index contributed by atoms with van der Waals surface area (Å²) in [6.45, 7) is 3.27. The van der Waals surface area contributed by atoms with Crippen molar-refractivity contribution in [2.45, 2.75) is 26.1 Å². The van der Waals surface area contributed by atoms with Crippen LogP contribution in [-0.4, -0.2) is 10.9 Å². The molecule has 0 fully saturated rings. The van der Waals surface area contributed by atoms with Gasteiger partial charge < -0.3 is 5.32 Å². The van der Waals surface area contributed by atoms with Gasteiger partial charge in [0, 0.05) is 5.38 Å². The molecule has 0 spiro atoms. The molecule has 1 unspecified atom stereocenters. The fraction of sp³-hybridized carbons (Fsp3) is 0.286. The third-order valence-corrected chi connectivity index (χ3v) is 3.71. The van der Waals surface area contributed by atoms with Gasteiger partial charge in [0.05, 0.1) is 16.6 Å². The fourth-order valence-electron chi connectivity index (χ4n) is 1.95. The molecule has 0 saturated heterocycles. The van der Waals surface area contributed by atoms with Gasteiger partial charge in [-0.05, 0) is 25.5 Å². The number of nitrogens with zero attached hydrogens (tertiary/aromatic N) is 1. The summed E-state index contributed by atoms with van der Waals surface area (Å²) in [7, 11) is 0. The van der Waals surface area contributed by atoms with E-state index in [1.807, 2.05) is 0 Å². The number of halogens is 3. The van der Waals surface area contributed by atoms with Crippen molar-refractivity contribution in [1.29, 1.82) is 0 Å². The fourth-order valence-corrected chi connectivity index (χ4v) is 2.54. The smallest absolute Gasteiger partial charge is 0.344 e. The number of carbonyl (C=O) groups is 1. The second-order valence-electron chi connectivity index (χ2n) is 4.53. The van der Waals surface area contributed by atoms with Crippen LogP contribution in [0.15, 0.2) is 29.6 Å². The molecule has 0 saturated carbocycles. The molecule has 1 aromatic carbocycles. The van der Waals surface area contributed by atoms with E-state index in [9.17, 15) is 18.0 Å². The van der Waals surface area contributed by atoms with Crippen LogP contribution in [0.1, 0.15) is 39.6 Å². The van der Waals surface area contributed by atoms with E-state index < -0.39 is 23.7 Å². The third kappa shape index (κ3) is 3.60. The van der Waals surface area contributed by atoms with Crippen LogP contribution in [-0.2, 0) is 6.18 Å². The van der Waals surface area contributed by atoms with Gasteiger partial charge >= 0.3 is 6.18 Å². The topological polar surface area (TPSA) is 42.0 Å². The van der Waals surface area contributed by atoms with E-state index in [0.717, 1.165) is 11.1 Å². The molecule has 0 aliphatic heterocycles. The molecular weight excluding hydrogens is 301 g/mol. The van der Waals surface area contributed by atoms with Crippen molar-refractivity contribution in [3.05, 3.63) is 51.5 Å². The zero-order valence-electron chi connectivity index (χ0n) is 11.4. The maximum Gasteiger partial charge on any atom is 0.416 e. The lowest BCUT2D eigenvalue weighted by Gasteiger charge is -2.19. The van der Waals surface area contributed by atoms with E-state index in [0.29, 0.717) is 0 Å². The Bertz CT molecular complexity index is 652. The zero-order chi connectivity index (χ0) is 15.6. The van der Waals surface area contributed by atoms with E-state index >= 15 is 0 Å². The highest BCUT2D eigenvalue weighted by Crippen LogP contribution is 2.34. The molecule has 0 radical (unpaired) electrons. The molecule has 21 heavy (non-hydrogen) atoms. The van der Waals surface area contributed by atoms with E-state index in [-0.39, 0.29) is 11.3 Å². The number of rotatable bonds is 3. The molecule has 1 amide bonds. The molecule has 0 aliphatic carbocycles. The maximum absolute atomic E-state index is 12.9. The average molecular weight is 314 g/mol. The molecule has 1 atom stereocenters. The molecule has 2 aromatic rings. The van der Waals surface area contributed by atoms with Crippen LogP contribution in [0.5, 0.6) is 0 Å². The Balaban J connectivity index is 2.21. The molecule has 112 valence electrons. The van der Waals surface area contributed by atoms with Gasteiger partial charge in [-0.1, -0.05) is 18.2 Å². The molecule has 1 aromatic heterocycles. The zero-order valence-corrected chi connectivity index (χ0v) is 12.2. The van der Waals surface area contributed by atoms with Crippen molar-refractivity contribution in [1.82, 2.24) is 10.3 Å². The number of benzene rings is 1. The number of alkyl halides is 3. The van der Waals surface area contributed by atoms with Crippen LogP contribution in [0.2, 0.25) is 0 Å². The first kappa shape index (κ1) is 15.5. The van der Waals surface area contributed by atoms with Crippen LogP contribution in [0.25, 0.3) is 0 Å². The third-order valence-electron chi connectivity index (χ3n) is 2.93. The minimum absolute atomic E-state index is 0.0327. The van der Waals surface area contributed by atoms with Gasteiger partial charge in [-0.15, -0.1) is 11.3 Å². The van der Waals surface area contributed by atoms with Crippen LogP contribution in [0.3, 0.4) is 0 Å². The minimum atomic E-state index is -4.45. The monoisotopic (exact) mass is 314 g/mol. The lowest BCUT2D eigenvalue weighted by atomic mass is 10.0.